The van der Waals surface area contributed by atoms with Crippen LogP contribution in [-0.4, -0.2) is 18.1 Å². The molecule has 2 nitrogen and oxygen atoms in total. The summed E-state index contributed by atoms with van der Waals surface area (Å²) in [5.41, 5.74) is 6.64. The molecular formula is C16H32N2. The molecule has 0 aromatic rings. The van der Waals surface area contributed by atoms with Crippen molar-refractivity contribution in [3.63, 3.8) is 0 Å². The van der Waals surface area contributed by atoms with Crippen molar-refractivity contribution in [2.75, 3.05) is 6.54 Å². The molecule has 2 heteroatoms. The van der Waals surface area contributed by atoms with Gasteiger partial charge in [-0.2, -0.15) is 0 Å². The summed E-state index contributed by atoms with van der Waals surface area (Å²) in [7, 11) is 0. The molecule has 2 atom stereocenters. The number of hydrogen-bond donors (Lipinski definition) is 2. The Hall–Kier alpha value is -0.0800. The predicted octanol–water partition coefficient (Wildman–Crippen LogP) is 3.60. The lowest BCUT2D eigenvalue weighted by atomic mass is 9.80. The first-order valence-corrected chi connectivity index (χ1v) is 8.20. The van der Waals surface area contributed by atoms with Crippen LogP contribution in [-0.2, 0) is 0 Å². The molecule has 0 amide bonds. The third-order valence-corrected chi connectivity index (χ3v) is 5.16. The summed E-state index contributed by atoms with van der Waals surface area (Å²) in [6, 6.07) is 0.766. The van der Waals surface area contributed by atoms with Crippen LogP contribution < -0.4 is 11.1 Å². The quantitative estimate of drug-likeness (QED) is 0.750. The average Bonchev–Trinajstić information content (AvgIpc) is 2.55. The zero-order valence-corrected chi connectivity index (χ0v) is 12.2. The maximum absolute atomic E-state index is 6.49. The summed E-state index contributed by atoms with van der Waals surface area (Å²) in [6.45, 7) is 3.54. The molecular weight excluding hydrogens is 220 g/mol. The molecule has 0 spiro atoms. The minimum absolute atomic E-state index is 0.156. The molecule has 2 aliphatic rings. The summed E-state index contributed by atoms with van der Waals surface area (Å²) in [5, 5.41) is 3.77. The van der Waals surface area contributed by atoms with Gasteiger partial charge in [-0.05, 0) is 51.0 Å². The largest absolute Gasteiger partial charge is 0.325 e. The number of nitrogens with one attached hydrogen (secondary N) is 1. The van der Waals surface area contributed by atoms with E-state index in [9.17, 15) is 0 Å². The van der Waals surface area contributed by atoms with Crippen LogP contribution in [0.4, 0.5) is 0 Å². The highest BCUT2D eigenvalue weighted by Gasteiger charge is 2.27. The second kappa shape index (κ2) is 6.91. The highest BCUT2D eigenvalue weighted by molar-refractivity contribution is 4.88. The van der Waals surface area contributed by atoms with Crippen LogP contribution in [0, 0.1) is 5.92 Å². The van der Waals surface area contributed by atoms with E-state index in [1.54, 1.807) is 0 Å². The number of rotatable bonds is 4. The van der Waals surface area contributed by atoms with Crippen molar-refractivity contribution in [1.29, 1.82) is 0 Å². The fraction of sp³-hybridized carbons (Fsp3) is 1.00. The molecule has 18 heavy (non-hydrogen) atoms. The normalized spacial score (nSPS) is 33.0. The lowest BCUT2D eigenvalue weighted by Crippen LogP contribution is -2.45. The van der Waals surface area contributed by atoms with Gasteiger partial charge in [0.1, 0.15) is 0 Å². The number of hydrogen-bond acceptors (Lipinski definition) is 2. The van der Waals surface area contributed by atoms with E-state index < -0.39 is 0 Å². The molecule has 0 aliphatic heterocycles. The Labute approximate surface area is 113 Å². The van der Waals surface area contributed by atoms with Gasteiger partial charge in [0, 0.05) is 11.6 Å². The summed E-state index contributed by atoms with van der Waals surface area (Å²) in [5.74, 6) is 0.941. The molecule has 0 heterocycles. The van der Waals surface area contributed by atoms with Gasteiger partial charge >= 0.3 is 0 Å². The average molecular weight is 252 g/mol. The molecule has 2 aliphatic carbocycles. The fourth-order valence-electron chi connectivity index (χ4n) is 3.72. The Bertz CT molecular complexity index is 233. The van der Waals surface area contributed by atoms with Gasteiger partial charge in [-0.1, -0.05) is 39.0 Å². The zero-order valence-electron chi connectivity index (χ0n) is 12.2. The maximum Gasteiger partial charge on any atom is 0.0166 e. The third kappa shape index (κ3) is 4.55. The van der Waals surface area contributed by atoms with E-state index in [0.717, 1.165) is 18.5 Å². The zero-order chi connectivity index (χ0) is 12.8. The van der Waals surface area contributed by atoms with Gasteiger partial charge in [0.05, 0.1) is 0 Å². The van der Waals surface area contributed by atoms with Gasteiger partial charge in [0.25, 0.3) is 0 Å². The molecule has 0 bridgehead atoms. The lowest BCUT2D eigenvalue weighted by molar-refractivity contribution is 0.269. The molecule has 2 rings (SSSR count). The predicted molar refractivity (Wildman–Crippen MR) is 78.7 cm³/mol. The van der Waals surface area contributed by atoms with Gasteiger partial charge < -0.3 is 11.1 Å². The Balaban J connectivity index is 1.65. The molecule has 3 N–H and O–H groups in total. The smallest absolute Gasteiger partial charge is 0.0166 e. The van der Waals surface area contributed by atoms with Crippen LogP contribution in [0.25, 0.3) is 0 Å². The Morgan fingerprint density at radius 1 is 1.00 bits per heavy atom. The Kier molecular flexibility index (Phi) is 5.50. The van der Waals surface area contributed by atoms with Crippen LogP contribution in [0.15, 0.2) is 0 Å². The van der Waals surface area contributed by atoms with Crippen molar-refractivity contribution in [3.05, 3.63) is 0 Å². The van der Waals surface area contributed by atoms with E-state index in [1.807, 2.05) is 0 Å². The van der Waals surface area contributed by atoms with E-state index >= 15 is 0 Å². The topological polar surface area (TPSA) is 38.0 Å². The van der Waals surface area contributed by atoms with E-state index in [1.165, 1.54) is 70.6 Å². The summed E-state index contributed by atoms with van der Waals surface area (Å²) >= 11 is 0. The van der Waals surface area contributed by atoms with Crippen molar-refractivity contribution in [2.45, 2.75) is 89.1 Å². The van der Waals surface area contributed by atoms with Gasteiger partial charge in [-0.3, -0.25) is 0 Å². The van der Waals surface area contributed by atoms with Crippen molar-refractivity contribution in [3.8, 4) is 0 Å². The van der Waals surface area contributed by atoms with Gasteiger partial charge in [-0.25, -0.2) is 0 Å². The summed E-state index contributed by atoms with van der Waals surface area (Å²) in [4.78, 5) is 0. The highest BCUT2D eigenvalue weighted by Crippen LogP contribution is 2.28. The summed E-state index contributed by atoms with van der Waals surface area (Å²) in [6.07, 6.45) is 14.8. The third-order valence-electron chi connectivity index (χ3n) is 5.16. The second-order valence-electron chi connectivity index (χ2n) is 6.94. The minimum Gasteiger partial charge on any atom is -0.325 e. The van der Waals surface area contributed by atoms with E-state index in [4.69, 9.17) is 5.73 Å². The van der Waals surface area contributed by atoms with Crippen molar-refractivity contribution in [2.24, 2.45) is 11.7 Å². The van der Waals surface area contributed by atoms with Crippen molar-refractivity contribution in [1.82, 2.24) is 5.32 Å². The monoisotopic (exact) mass is 252 g/mol. The van der Waals surface area contributed by atoms with E-state index in [-0.39, 0.29) is 5.54 Å². The Morgan fingerprint density at radius 2 is 1.78 bits per heavy atom. The molecule has 106 valence electrons. The fourth-order valence-corrected chi connectivity index (χ4v) is 3.72. The molecule has 0 aromatic carbocycles. The maximum atomic E-state index is 6.49. The van der Waals surface area contributed by atoms with Gasteiger partial charge in [0.15, 0.2) is 0 Å². The molecule has 2 unspecified atom stereocenters. The van der Waals surface area contributed by atoms with Crippen LogP contribution in [0.5, 0.6) is 0 Å². The molecule has 0 aromatic heterocycles. The SMILES string of the molecule is CC1CCCC(NCCC2(N)CCCCC2)CC1. The standard InChI is InChI=1S/C16H32N2/c1-14-6-5-7-15(9-8-14)18-13-12-16(17)10-3-2-4-11-16/h14-15,18H,2-13,17H2,1H3. The van der Waals surface area contributed by atoms with Crippen LogP contribution in [0.1, 0.15) is 77.6 Å². The van der Waals surface area contributed by atoms with Crippen LogP contribution in [0.2, 0.25) is 0 Å². The molecule has 0 radical (unpaired) electrons. The highest BCUT2D eigenvalue weighted by atomic mass is 14.9. The van der Waals surface area contributed by atoms with Crippen molar-refractivity contribution >= 4 is 0 Å². The van der Waals surface area contributed by atoms with Gasteiger partial charge in [0.2, 0.25) is 0 Å². The molecule has 0 saturated heterocycles. The minimum atomic E-state index is 0.156. The van der Waals surface area contributed by atoms with Gasteiger partial charge in [-0.15, -0.1) is 0 Å². The number of nitrogens with two attached hydrogens (primary N) is 1. The summed E-state index contributed by atoms with van der Waals surface area (Å²) < 4.78 is 0. The second-order valence-corrected chi connectivity index (χ2v) is 6.94. The van der Waals surface area contributed by atoms with E-state index in [2.05, 4.69) is 12.2 Å². The lowest BCUT2D eigenvalue weighted by Gasteiger charge is -2.34. The first kappa shape index (κ1) is 14.3. The Morgan fingerprint density at radius 3 is 2.56 bits per heavy atom. The van der Waals surface area contributed by atoms with Crippen LogP contribution in [0.3, 0.4) is 0 Å². The molecule has 2 saturated carbocycles. The first-order chi connectivity index (χ1) is 8.68. The first-order valence-electron chi connectivity index (χ1n) is 8.20. The van der Waals surface area contributed by atoms with Crippen LogP contribution >= 0.6 is 0 Å². The van der Waals surface area contributed by atoms with E-state index in [0.29, 0.717) is 0 Å². The van der Waals surface area contributed by atoms with Crippen molar-refractivity contribution < 1.29 is 0 Å². The molecule has 2 fully saturated rings.